The van der Waals surface area contributed by atoms with Gasteiger partial charge in [0, 0.05) is 5.56 Å². The van der Waals surface area contributed by atoms with Crippen LogP contribution in [0.5, 0.6) is 0 Å². The molecule has 2 aromatic carbocycles. The summed E-state index contributed by atoms with van der Waals surface area (Å²) in [6.07, 6.45) is 0. The third-order valence-electron chi connectivity index (χ3n) is 3.32. The molecule has 23 heavy (non-hydrogen) atoms. The second-order valence-corrected chi connectivity index (χ2v) is 4.87. The van der Waals surface area contributed by atoms with Gasteiger partial charge in [0.15, 0.2) is 11.5 Å². The first-order valence-corrected chi connectivity index (χ1v) is 6.83. The molecule has 0 unspecified atom stereocenters. The zero-order chi connectivity index (χ0) is 15.8. The van der Waals surface area contributed by atoms with E-state index in [1.54, 1.807) is 12.1 Å². The summed E-state index contributed by atoms with van der Waals surface area (Å²) in [6.45, 7) is 0. The van der Waals surface area contributed by atoms with Crippen molar-refractivity contribution in [3.8, 4) is 23.0 Å². The van der Waals surface area contributed by atoms with Crippen molar-refractivity contribution in [2.75, 3.05) is 5.73 Å². The normalized spacial score (nSPS) is 11.0. The van der Waals surface area contributed by atoms with Crippen LogP contribution in [0.1, 0.15) is 0 Å². The Morgan fingerprint density at radius 2 is 1.48 bits per heavy atom. The number of hydrogen-bond donors (Lipinski definition) is 1. The predicted molar refractivity (Wildman–Crippen MR) is 82.6 cm³/mol. The third kappa shape index (κ3) is 2.38. The number of benzene rings is 2. The molecular weight excluding hydrogens is 297 g/mol. The summed E-state index contributed by atoms with van der Waals surface area (Å²) in [7, 11) is 0. The number of hydrogen-bond acceptors (Lipinski definition) is 6. The van der Waals surface area contributed by atoms with Gasteiger partial charge in [-0.25, -0.2) is 14.4 Å². The highest BCUT2D eigenvalue weighted by atomic mass is 19.1. The van der Waals surface area contributed by atoms with Gasteiger partial charge in [-0.3, -0.25) is 0 Å². The number of fused-ring (bicyclic) bond motifs is 1. The van der Waals surface area contributed by atoms with E-state index >= 15 is 0 Å². The number of nitrogen functional groups attached to an aromatic ring is 1. The van der Waals surface area contributed by atoms with Gasteiger partial charge < -0.3 is 10.2 Å². The molecule has 0 amide bonds. The molecule has 0 bridgehead atoms. The Balaban J connectivity index is 1.79. The Morgan fingerprint density at radius 1 is 0.826 bits per heavy atom. The molecule has 0 radical (unpaired) electrons. The molecule has 2 N–H and O–H groups in total. The number of aromatic nitrogens is 4. The predicted octanol–water partition coefficient (Wildman–Crippen LogP) is 3.07. The number of anilines is 1. The van der Waals surface area contributed by atoms with Gasteiger partial charge in [0.05, 0.1) is 11.0 Å². The van der Waals surface area contributed by atoms with E-state index in [-0.39, 0.29) is 23.4 Å². The van der Waals surface area contributed by atoms with Gasteiger partial charge in [-0.1, -0.05) is 12.1 Å². The zero-order valence-electron chi connectivity index (χ0n) is 11.8. The maximum atomic E-state index is 13.0. The molecule has 6 nitrogen and oxygen atoms in total. The van der Waals surface area contributed by atoms with Crippen molar-refractivity contribution in [1.82, 2.24) is 20.2 Å². The van der Waals surface area contributed by atoms with Crippen LogP contribution in [-0.2, 0) is 0 Å². The van der Waals surface area contributed by atoms with Crippen molar-refractivity contribution < 1.29 is 8.81 Å². The van der Waals surface area contributed by atoms with Crippen LogP contribution in [-0.4, -0.2) is 20.2 Å². The molecule has 112 valence electrons. The van der Waals surface area contributed by atoms with Crippen LogP contribution < -0.4 is 5.73 Å². The van der Waals surface area contributed by atoms with Crippen LogP contribution in [0.2, 0.25) is 0 Å². The molecule has 2 aromatic heterocycles. The Labute approximate surface area is 129 Å². The largest absolute Gasteiger partial charge is 0.414 e. The fourth-order valence-corrected chi connectivity index (χ4v) is 2.20. The van der Waals surface area contributed by atoms with E-state index in [9.17, 15) is 4.39 Å². The Kier molecular flexibility index (Phi) is 2.97. The Bertz CT molecular complexity index is 997. The lowest BCUT2D eigenvalue weighted by molar-refractivity contribution is 0.582. The molecule has 2 heterocycles. The number of halogens is 1. The maximum Gasteiger partial charge on any atom is 0.270 e. The summed E-state index contributed by atoms with van der Waals surface area (Å²) in [5.41, 5.74) is 8.23. The highest BCUT2D eigenvalue weighted by Crippen LogP contribution is 2.27. The van der Waals surface area contributed by atoms with E-state index in [4.69, 9.17) is 10.2 Å². The van der Waals surface area contributed by atoms with Crippen LogP contribution in [0.25, 0.3) is 34.1 Å². The second kappa shape index (κ2) is 5.13. The molecular formula is C16H10FN5O. The number of rotatable bonds is 2. The average Bonchev–Trinajstić information content (AvgIpc) is 3.04. The van der Waals surface area contributed by atoms with Gasteiger partial charge in [0.25, 0.3) is 5.89 Å². The average molecular weight is 307 g/mol. The topological polar surface area (TPSA) is 90.7 Å². The van der Waals surface area contributed by atoms with E-state index < -0.39 is 0 Å². The van der Waals surface area contributed by atoms with Gasteiger partial charge in [0.2, 0.25) is 5.89 Å². The maximum absolute atomic E-state index is 13.0. The smallest absolute Gasteiger partial charge is 0.270 e. The minimum atomic E-state index is -0.335. The first-order valence-electron chi connectivity index (χ1n) is 6.83. The summed E-state index contributed by atoms with van der Waals surface area (Å²) in [5, 5.41) is 7.91. The first kappa shape index (κ1) is 13.3. The molecule has 7 heteroatoms. The van der Waals surface area contributed by atoms with Gasteiger partial charge in [-0.05, 0) is 36.4 Å². The van der Waals surface area contributed by atoms with Gasteiger partial charge >= 0.3 is 0 Å². The van der Waals surface area contributed by atoms with Crippen molar-refractivity contribution in [2.24, 2.45) is 0 Å². The zero-order valence-corrected chi connectivity index (χ0v) is 11.8. The molecule has 0 spiro atoms. The monoisotopic (exact) mass is 307 g/mol. The molecule has 4 aromatic rings. The minimum absolute atomic E-state index is 0.167. The number of nitrogens with two attached hydrogens (primary N) is 1. The standard InChI is InChI=1S/C16H10FN5O/c17-10-7-5-9(6-8-10)15-21-22-16(23-15)13-14(18)20-12-4-2-1-3-11(12)19-13/h1-8H,(H2,18,20). The summed E-state index contributed by atoms with van der Waals surface area (Å²) in [6, 6.07) is 13.1. The lowest BCUT2D eigenvalue weighted by Gasteiger charge is -2.02. The van der Waals surface area contributed by atoms with Gasteiger partial charge in [-0.2, -0.15) is 0 Å². The molecule has 0 saturated heterocycles. The van der Waals surface area contributed by atoms with Gasteiger partial charge in [0.1, 0.15) is 5.82 Å². The first-order chi connectivity index (χ1) is 11.2. The number of nitrogens with zero attached hydrogens (tertiary/aromatic N) is 4. The van der Waals surface area contributed by atoms with E-state index in [1.165, 1.54) is 12.1 Å². The minimum Gasteiger partial charge on any atom is -0.414 e. The highest BCUT2D eigenvalue weighted by Gasteiger charge is 2.16. The van der Waals surface area contributed by atoms with E-state index in [2.05, 4.69) is 20.2 Å². The van der Waals surface area contributed by atoms with Crippen molar-refractivity contribution in [1.29, 1.82) is 0 Å². The highest BCUT2D eigenvalue weighted by molar-refractivity contribution is 5.80. The van der Waals surface area contributed by atoms with Crippen LogP contribution in [0.3, 0.4) is 0 Å². The quantitative estimate of drug-likeness (QED) is 0.612. The number of para-hydroxylation sites is 2. The Hall–Kier alpha value is -3.35. The molecule has 0 atom stereocenters. The molecule has 0 aliphatic carbocycles. The molecule has 0 aliphatic rings. The van der Waals surface area contributed by atoms with Crippen molar-refractivity contribution >= 4 is 16.9 Å². The van der Waals surface area contributed by atoms with E-state index in [0.717, 1.165) is 0 Å². The SMILES string of the molecule is Nc1nc2ccccc2nc1-c1nnc(-c2ccc(F)cc2)o1. The molecule has 4 rings (SSSR count). The second-order valence-electron chi connectivity index (χ2n) is 4.87. The van der Waals surface area contributed by atoms with Crippen molar-refractivity contribution in [3.63, 3.8) is 0 Å². The molecule has 0 saturated carbocycles. The fourth-order valence-electron chi connectivity index (χ4n) is 2.20. The van der Waals surface area contributed by atoms with E-state index in [0.29, 0.717) is 22.3 Å². The van der Waals surface area contributed by atoms with Crippen molar-refractivity contribution in [2.45, 2.75) is 0 Å². The Morgan fingerprint density at radius 3 is 2.22 bits per heavy atom. The molecule has 0 aliphatic heterocycles. The fraction of sp³-hybridized carbons (Fsp3) is 0. The third-order valence-corrected chi connectivity index (χ3v) is 3.32. The summed E-state index contributed by atoms with van der Waals surface area (Å²) < 4.78 is 18.6. The lowest BCUT2D eigenvalue weighted by Crippen LogP contribution is -1.98. The summed E-state index contributed by atoms with van der Waals surface area (Å²) in [5.74, 6) is 0.297. The van der Waals surface area contributed by atoms with Crippen LogP contribution >= 0.6 is 0 Å². The van der Waals surface area contributed by atoms with E-state index in [1.807, 2.05) is 24.3 Å². The summed E-state index contributed by atoms with van der Waals surface area (Å²) in [4.78, 5) is 8.71. The van der Waals surface area contributed by atoms with Crippen LogP contribution in [0, 0.1) is 5.82 Å². The lowest BCUT2D eigenvalue weighted by atomic mass is 10.2. The molecule has 0 fully saturated rings. The van der Waals surface area contributed by atoms with Crippen LogP contribution in [0.4, 0.5) is 10.2 Å². The van der Waals surface area contributed by atoms with Crippen LogP contribution in [0.15, 0.2) is 52.9 Å². The van der Waals surface area contributed by atoms with Gasteiger partial charge in [-0.15, -0.1) is 10.2 Å². The summed E-state index contributed by atoms with van der Waals surface area (Å²) >= 11 is 0. The van der Waals surface area contributed by atoms with Crippen molar-refractivity contribution in [3.05, 3.63) is 54.3 Å².